The molecule has 7 nitrogen and oxygen atoms in total. The van der Waals surface area contributed by atoms with E-state index in [0.717, 1.165) is 62.0 Å². The number of benzene rings is 1. The van der Waals surface area contributed by atoms with Gasteiger partial charge in [0.2, 0.25) is 0 Å². The van der Waals surface area contributed by atoms with E-state index in [1.165, 1.54) is 12.5 Å². The number of hydrogen-bond acceptors (Lipinski definition) is 6. The van der Waals surface area contributed by atoms with Crippen LogP contribution >= 0.6 is 38.5 Å². The summed E-state index contributed by atoms with van der Waals surface area (Å²) >= 11 is 6.03. The van der Waals surface area contributed by atoms with Crippen molar-refractivity contribution in [3.63, 3.8) is 0 Å². The molecule has 0 unspecified atom stereocenters. The van der Waals surface area contributed by atoms with E-state index in [9.17, 15) is 4.79 Å². The predicted octanol–water partition coefficient (Wildman–Crippen LogP) is 7.11. The van der Waals surface area contributed by atoms with E-state index in [2.05, 4.69) is 81.2 Å². The van der Waals surface area contributed by atoms with Crippen LogP contribution in [0.15, 0.2) is 34.9 Å². The fourth-order valence-electron chi connectivity index (χ4n) is 5.17. The van der Waals surface area contributed by atoms with Crippen molar-refractivity contribution in [1.29, 1.82) is 0 Å². The Bertz CT molecular complexity index is 1300. The highest BCUT2D eigenvalue weighted by molar-refractivity contribution is 14.1. The van der Waals surface area contributed by atoms with Gasteiger partial charge in [-0.2, -0.15) is 0 Å². The minimum Gasteiger partial charge on any atom is -0.465 e. The summed E-state index contributed by atoms with van der Waals surface area (Å²) in [5.74, 6) is -0.267. The molecular weight excluding hydrogens is 675 g/mol. The van der Waals surface area contributed by atoms with Crippen LogP contribution in [0, 0.1) is 8.99 Å². The van der Waals surface area contributed by atoms with Crippen molar-refractivity contribution in [3.8, 4) is 11.3 Å². The summed E-state index contributed by atoms with van der Waals surface area (Å²) in [5, 5.41) is 1.16. The molecule has 1 aliphatic rings. The van der Waals surface area contributed by atoms with Crippen LogP contribution in [-0.2, 0) is 36.7 Å². The van der Waals surface area contributed by atoms with E-state index in [1.54, 1.807) is 7.11 Å². The maximum Gasteiger partial charge on any atom is 0.302 e. The summed E-state index contributed by atoms with van der Waals surface area (Å²) in [6, 6.07) is 8.63. The molecule has 1 aliphatic heterocycles. The number of halogens is 2. The van der Waals surface area contributed by atoms with Gasteiger partial charge in [0.05, 0.1) is 36.8 Å². The van der Waals surface area contributed by atoms with Crippen molar-refractivity contribution < 1.29 is 23.7 Å². The molecule has 0 amide bonds. The Morgan fingerprint density at radius 1 is 1.28 bits per heavy atom. The van der Waals surface area contributed by atoms with Crippen LogP contribution in [0.5, 0.6) is 0 Å². The predicted molar refractivity (Wildman–Crippen MR) is 165 cm³/mol. The van der Waals surface area contributed by atoms with Gasteiger partial charge in [-0.3, -0.25) is 9.78 Å². The van der Waals surface area contributed by atoms with Crippen LogP contribution in [0.2, 0.25) is 0 Å². The molecule has 3 heterocycles. The number of fused-ring (bicyclic) bond motifs is 1. The number of aromatic nitrogens is 2. The zero-order valence-corrected chi connectivity index (χ0v) is 27.1. The first-order valence-corrected chi connectivity index (χ1v) is 15.3. The van der Waals surface area contributed by atoms with E-state index in [-0.39, 0.29) is 23.6 Å². The molecule has 0 saturated carbocycles. The Hall–Kier alpha value is -1.53. The number of rotatable bonds is 11. The van der Waals surface area contributed by atoms with Gasteiger partial charge in [0.25, 0.3) is 0 Å². The lowest BCUT2D eigenvalue weighted by Crippen LogP contribution is -2.25. The lowest BCUT2D eigenvalue weighted by Gasteiger charge is -2.26. The molecule has 9 heteroatoms. The molecule has 1 saturated heterocycles. The van der Waals surface area contributed by atoms with Gasteiger partial charge in [-0.1, -0.05) is 29.8 Å². The lowest BCUT2D eigenvalue weighted by molar-refractivity contribution is -0.143. The smallest absolute Gasteiger partial charge is 0.302 e. The third kappa shape index (κ3) is 7.61. The molecule has 212 valence electrons. The molecule has 0 bridgehead atoms. The number of carbonyl (C=O) groups excluding carboxylic acids is 1. The fourth-order valence-corrected chi connectivity index (χ4v) is 5.98. The SMILES string of the molecule is CO[C@@H](C)c1ncc(I)cc1-c1c(CC(C)(C)COC(C)=O)c2cc(Br)ccc2n1CCOC1CCOCC1. The fraction of sp³-hybridized carbons (Fsp3) is 0.533. The second-order valence-corrected chi connectivity index (χ2v) is 13.1. The topological polar surface area (TPSA) is 71.8 Å². The Morgan fingerprint density at radius 3 is 2.72 bits per heavy atom. The van der Waals surface area contributed by atoms with Crippen LogP contribution in [0.25, 0.3) is 22.2 Å². The van der Waals surface area contributed by atoms with Crippen molar-refractivity contribution in [2.45, 2.75) is 65.7 Å². The third-order valence-corrected chi connectivity index (χ3v) is 8.25. The summed E-state index contributed by atoms with van der Waals surface area (Å²) in [4.78, 5) is 16.5. The Kier molecular flexibility index (Phi) is 10.5. The van der Waals surface area contributed by atoms with Crippen molar-refractivity contribution in [2.24, 2.45) is 5.41 Å². The molecule has 0 radical (unpaired) electrons. The summed E-state index contributed by atoms with van der Waals surface area (Å²) in [5.41, 5.74) is 5.10. The van der Waals surface area contributed by atoms with Crippen molar-refractivity contribution in [3.05, 3.63) is 49.8 Å². The van der Waals surface area contributed by atoms with E-state index in [0.29, 0.717) is 26.2 Å². The van der Waals surface area contributed by atoms with Gasteiger partial charge >= 0.3 is 5.97 Å². The number of pyridine rings is 1. The van der Waals surface area contributed by atoms with Gasteiger partial charge in [0.15, 0.2) is 0 Å². The van der Waals surface area contributed by atoms with Gasteiger partial charge in [-0.15, -0.1) is 0 Å². The largest absolute Gasteiger partial charge is 0.465 e. The van der Waals surface area contributed by atoms with Gasteiger partial charge in [0, 0.05) is 69.9 Å². The molecule has 0 N–H and O–H groups in total. The van der Waals surface area contributed by atoms with E-state index in [1.807, 2.05) is 13.1 Å². The van der Waals surface area contributed by atoms with E-state index in [4.69, 9.17) is 23.9 Å². The molecular formula is C30H38BrIN2O5. The Morgan fingerprint density at radius 2 is 2.03 bits per heavy atom. The quantitative estimate of drug-likeness (QED) is 0.156. The first-order valence-electron chi connectivity index (χ1n) is 13.4. The average Bonchev–Trinajstić information content (AvgIpc) is 3.19. The lowest BCUT2D eigenvalue weighted by atomic mass is 9.84. The molecule has 1 aromatic carbocycles. The second kappa shape index (κ2) is 13.4. The highest BCUT2D eigenvalue weighted by Crippen LogP contribution is 2.41. The van der Waals surface area contributed by atoms with Gasteiger partial charge in [-0.25, -0.2) is 0 Å². The second-order valence-electron chi connectivity index (χ2n) is 10.9. The van der Waals surface area contributed by atoms with E-state index >= 15 is 0 Å². The minimum atomic E-state index is -0.289. The zero-order chi connectivity index (χ0) is 28.2. The monoisotopic (exact) mass is 712 g/mol. The van der Waals surface area contributed by atoms with E-state index < -0.39 is 0 Å². The highest BCUT2D eigenvalue weighted by Gasteiger charge is 2.29. The van der Waals surface area contributed by atoms with Crippen molar-refractivity contribution in [1.82, 2.24) is 9.55 Å². The number of hydrogen-bond donors (Lipinski definition) is 0. The molecule has 0 aliphatic carbocycles. The maximum atomic E-state index is 11.7. The first kappa shape index (κ1) is 30.4. The molecule has 1 fully saturated rings. The average molecular weight is 713 g/mol. The number of ether oxygens (including phenoxy) is 4. The standard InChI is InChI=1S/C30H38BrIN2O5/c1-19(36-5)28-25(15-22(32)17-33-28)29-26(16-30(3,4)18-39-20(2)35)24-14-21(31)6-7-27(24)34(29)10-13-38-23-8-11-37-12-9-23/h6-7,14-15,17,19,23H,8-13,16,18H2,1-5H3/t19-/m0/s1. The van der Waals surface area contributed by atoms with Crippen LogP contribution in [0.4, 0.5) is 0 Å². The number of nitrogens with zero attached hydrogens (tertiary/aromatic N) is 2. The zero-order valence-electron chi connectivity index (χ0n) is 23.4. The third-order valence-electron chi connectivity index (χ3n) is 7.17. The highest BCUT2D eigenvalue weighted by atomic mass is 127. The summed E-state index contributed by atoms with van der Waals surface area (Å²) < 4.78 is 27.5. The maximum absolute atomic E-state index is 11.7. The molecule has 1 atom stereocenters. The summed E-state index contributed by atoms with van der Waals surface area (Å²) in [7, 11) is 1.71. The molecule has 2 aromatic heterocycles. The molecule has 4 rings (SSSR count). The molecule has 0 spiro atoms. The number of methoxy groups -OCH3 is 1. The Labute approximate surface area is 253 Å². The van der Waals surface area contributed by atoms with Crippen LogP contribution in [0.1, 0.15) is 57.9 Å². The van der Waals surface area contributed by atoms with Gasteiger partial charge in [-0.05, 0) is 78.6 Å². The summed E-state index contributed by atoms with van der Waals surface area (Å²) in [6.45, 7) is 10.9. The minimum absolute atomic E-state index is 0.185. The van der Waals surface area contributed by atoms with Crippen LogP contribution < -0.4 is 0 Å². The van der Waals surface area contributed by atoms with Gasteiger partial charge < -0.3 is 23.5 Å². The number of esters is 1. The first-order chi connectivity index (χ1) is 18.6. The van der Waals surface area contributed by atoms with Crippen molar-refractivity contribution in [2.75, 3.05) is 33.5 Å². The Balaban J connectivity index is 1.88. The van der Waals surface area contributed by atoms with Crippen molar-refractivity contribution >= 4 is 55.4 Å². The molecule has 3 aromatic rings. The number of carbonyl (C=O) groups is 1. The molecule has 39 heavy (non-hydrogen) atoms. The van der Waals surface area contributed by atoms with Crippen LogP contribution in [-0.4, -0.2) is 55.2 Å². The van der Waals surface area contributed by atoms with Gasteiger partial charge in [0.1, 0.15) is 0 Å². The summed E-state index contributed by atoms with van der Waals surface area (Å²) in [6.07, 6.45) is 4.50. The van der Waals surface area contributed by atoms with Crippen LogP contribution in [0.3, 0.4) is 0 Å². The normalized spacial score (nSPS) is 15.6.